The van der Waals surface area contributed by atoms with E-state index in [1.165, 1.54) is 53.7 Å². The summed E-state index contributed by atoms with van der Waals surface area (Å²) < 4.78 is 60.4. The Kier molecular flexibility index (Phi) is 4.57. The van der Waals surface area contributed by atoms with Crippen molar-refractivity contribution in [1.29, 1.82) is 0 Å². The average molecular weight is 390 g/mol. The summed E-state index contributed by atoms with van der Waals surface area (Å²) in [5, 5.41) is 1.86. The van der Waals surface area contributed by atoms with Gasteiger partial charge >= 0.3 is 0 Å². The van der Waals surface area contributed by atoms with Crippen molar-refractivity contribution >= 4 is 21.5 Å². The molecule has 0 aliphatic heterocycles. The van der Waals surface area contributed by atoms with Crippen molar-refractivity contribution in [2.45, 2.75) is 53.4 Å². The van der Waals surface area contributed by atoms with Gasteiger partial charge in [0.2, 0.25) is 0 Å². The molecule has 3 rings (SSSR count). The minimum Gasteiger partial charge on any atom is -0.201 e. The van der Waals surface area contributed by atoms with Crippen molar-refractivity contribution in [2.24, 2.45) is 10.8 Å². The van der Waals surface area contributed by atoms with E-state index in [9.17, 15) is 0 Å². The van der Waals surface area contributed by atoms with Gasteiger partial charge in [0.15, 0.2) is 0 Å². The Morgan fingerprint density at radius 2 is 0.857 bits per heavy atom. The molecular weight excluding hydrogens is 364 g/mol. The first-order valence-electron chi connectivity index (χ1n) is 9.40. The fraction of sp³-hybridized carbons (Fsp3) is 0.417. The fourth-order valence-corrected chi connectivity index (χ4v) is 3.41. The number of benzene rings is 3. The molecule has 0 saturated heterocycles. The fourth-order valence-electron chi connectivity index (χ4n) is 3.41. The minimum absolute atomic E-state index is 0.0765. The van der Waals surface area contributed by atoms with Crippen LogP contribution in [0.3, 0.4) is 0 Å². The van der Waals surface area contributed by atoms with Gasteiger partial charge in [0.1, 0.15) is 0 Å². The molecular formula is C24H26F4. The second-order valence-corrected chi connectivity index (χ2v) is 9.55. The van der Waals surface area contributed by atoms with Crippen molar-refractivity contribution in [3.8, 4) is 0 Å². The van der Waals surface area contributed by atoms with E-state index in [2.05, 4.69) is 0 Å². The first-order valence-corrected chi connectivity index (χ1v) is 9.40. The van der Waals surface area contributed by atoms with Gasteiger partial charge < -0.3 is 0 Å². The van der Waals surface area contributed by atoms with Crippen molar-refractivity contribution in [1.82, 2.24) is 0 Å². The van der Waals surface area contributed by atoms with Gasteiger partial charge in [-0.15, -0.1) is 0 Å². The van der Waals surface area contributed by atoms with Gasteiger partial charge in [-0.2, -0.15) is 0 Å². The molecule has 0 heterocycles. The second kappa shape index (κ2) is 6.20. The molecule has 0 aromatic heterocycles. The highest BCUT2D eigenvalue weighted by Crippen LogP contribution is 2.49. The van der Waals surface area contributed by atoms with Crippen LogP contribution in [0.15, 0.2) is 48.5 Å². The number of hydrogen-bond acceptors (Lipinski definition) is 0. The second-order valence-electron chi connectivity index (χ2n) is 9.55. The van der Waals surface area contributed by atoms with Gasteiger partial charge in [-0.25, -0.2) is 17.6 Å². The molecule has 0 aliphatic carbocycles. The Morgan fingerprint density at radius 3 is 1.14 bits per heavy atom. The summed E-state index contributed by atoms with van der Waals surface area (Å²) in [6, 6.07) is 12.6. The third-order valence-corrected chi connectivity index (χ3v) is 5.44. The zero-order valence-electron chi connectivity index (χ0n) is 17.1. The van der Waals surface area contributed by atoms with Crippen LogP contribution in [-0.4, -0.2) is 0 Å². The van der Waals surface area contributed by atoms with E-state index >= 15 is 17.6 Å². The van der Waals surface area contributed by atoms with Gasteiger partial charge in [0, 0.05) is 22.0 Å². The van der Waals surface area contributed by atoms with E-state index in [1.807, 2.05) is 0 Å². The highest BCUT2D eigenvalue weighted by Gasteiger charge is 2.47. The number of alkyl halides is 4. The number of hydrogen-bond donors (Lipinski definition) is 0. The number of halogens is 4. The van der Waals surface area contributed by atoms with Crippen molar-refractivity contribution in [3.63, 3.8) is 0 Å². The average Bonchev–Trinajstić information content (AvgIpc) is 2.56. The first-order chi connectivity index (χ1) is 12.7. The van der Waals surface area contributed by atoms with Gasteiger partial charge in [-0.05, 0) is 33.7 Å². The molecule has 0 spiro atoms. The maximum atomic E-state index is 15.1. The van der Waals surface area contributed by atoms with Crippen molar-refractivity contribution in [3.05, 3.63) is 59.7 Å². The van der Waals surface area contributed by atoms with E-state index in [0.717, 1.165) is 0 Å². The molecule has 0 nitrogen and oxygen atoms in total. The van der Waals surface area contributed by atoms with Crippen LogP contribution in [0.2, 0.25) is 0 Å². The molecule has 150 valence electrons. The molecule has 3 aromatic rings. The van der Waals surface area contributed by atoms with Crippen LogP contribution in [-0.2, 0) is 11.8 Å². The maximum absolute atomic E-state index is 15.1. The lowest BCUT2D eigenvalue weighted by atomic mass is 9.80. The standard InChI is InChI=1S/C24H26F4/c1-21(2,3)23(25,26)19-11-7-9-15-14-18-16(13-17(15)19)10-8-12-20(18)24(27,28)22(4,5)6/h7-14H,1-6H3. The number of fused-ring (bicyclic) bond motifs is 2. The molecule has 0 N–H and O–H groups in total. The molecule has 0 atom stereocenters. The molecule has 0 unspecified atom stereocenters. The van der Waals surface area contributed by atoms with Crippen LogP contribution < -0.4 is 0 Å². The quantitative estimate of drug-likeness (QED) is 0.305. The van der Waals surface area contributed by atoms with Gasteiger partial charge in [-0.3, -0.25) is 0 Å². The first kappa shape index (κ1) is 20.6. The molecule has 0 fully saturated rings. The Bertz CT molecular complexity index is 949. The molecule has 0 aliphatic rings. The third kappa shape index (κ3) is 3.07. The molecule has 3 aromatic carbocycles. The molecule has 4 heteroatoms. The lowest BCUT2D eigenvalue weighted by Crippen LogP contribution is -2.31. The van der Waals surface area contributed by atoms with E-state index in [4.69, 9.17) is 0 Å². The predicted molar refractivity (Wildman–Crippen MR) is 108 cm³/mol. The largest absolute Gasteiger partial charge is 0.278 e. The third-order valence-electron chi connectivity index (χ3n) is 5.44. The smallest absolute Gasteiger partial charge is 0.201 e. The number of rotatable bonds is 2. The van der Waals surface area contributed by atoms with Crippen LogP contribution >= 0.6 is 0 Å². The van der Waals surface area contributed by atoms with E-state index < -0.39 is 22.7 Å². The summed E-state index contributed by atoms with van der Waals surface area (Å²) in [4.78, 5) is 0. The molecule has 0 radical (unpaired) electrons. The Morgan fingerprint density at radius 1 is 0.536 bits per heavy atom. The lowest BCUT2D eigenvalue weighted by molar-refractivity contribution is -0.103. The zero-order chi connectivity index (χ0) is 21.1. The summed E-state index contributed by atoms with van der Waals surface area (Å²) in [6.45, 7) is 8.97. The van der Waals surface area contributed by atoms with Gasteiger partial charge in [0.25, 0.3) is 11.8 Å². The van der Waals surface area contributed by atoms with Gasteiger partial charge in [0.05, 0.1) is 0 Å². The monoisotopic (exact) mass is 390 g/mol. The molecule has 0 saturated carbocycles. The van der Waals surface area contributed by atoms with Crippen LogP contribution in [0.4, 0.5) is 17.6 Å². The summed E-state index contributed by atoms with van der Waals surface area (Å²) >= 11 is 0. The Balaban J connectivity index is 2.36. The van der Waals surface area contributed by atoms with Crippen LogP contribution in [0, 0.1) is 10.8 Å². The van der Waals surface area contributed by atoms with Crippen molar-refractivity contribution in [2.75, 3.05) is 0 Å². The van der Waals surface area contributed by atoms with Gasteiger partial charge in [-0.1, -0.05) is 77.9 Å². The Hall–Kier alpha value is -2.10. The zero-order valence-corrected chi connectivity index (χ0v) is 17.1. The van der Waals surface area contributed by atoms with Crippen LogP contribution in [0.5, 0.6) is 0 Å². The topological polar surface area (TPSA) is 0 Å². The maximum Gasteiger partial charge on any atom is 0.278 e. The van der Waals surface area contributed by atoms with Crippen LogP contribution in [0.25, 0.3) is 21.5 Å². The molecule has 0 bridgehead atoms. The lowest BCUT2D eigenvalue weighted by Gasteiger charge is -2.32. The molecule has 28 heavy (non-hydrogen) atoms. The van der Waals surface area contributed by atoms with Crippen LogP contribution in [0.1, 0.15) is 52.7 Å². The Labute approximate surface area is 163 Å². The highest BCUT2D eigenvalue weighted by molar-refractivity contribution is 6.01. The predicted octanol–water partition coefficient (Wildman–Crippen LogP) is 8.27. The highest BCUT2D eigenvalue weighted by atomic mass is 19.3. The normalized spacial score (nSPS) is 14.1. The SMILES string of the molecule is CC(C)(C)C(F)(F)c1cccc2cc3c(C(F)(F)C(C)(C)C)cccc3cc12. The summed E-state index contributed by atoms with van der Waals surface area (Å²) in [5.41, 5.74) is -2.69. The van der Waals surface area contributed by atoms with E-state index in [-0.39, 0.29) is 11.1 Å². The van der Waals surface area contributed by atoms with Crippen molar-refractivity contribution < 1.29 is 17.6 Å². The minimum atomic E-state index is -3.06. The summed E-state index contributed by atoms with van der Waals surface area (Å²) in [6.07, 6.45) is 0. The summed E-state index contributed by atoms with van der Waals surface area (Å²) in [7, 11) is 0. The summed E-state index contributed by atoms with van der Waals surface area (Å²) in [5.74, 6) is -6.12. The van der Waals surface area contributed by atoms with E-state index in [1.54, 1.807) is 36.4 Å². The molecule has 0 amide bonds. The van der Waals surface area contributed by atoms with E-state index in [0.29, 0.717) is 21.5 Å².